The lowest BCUT2D eigenvalue weighted by Gasteiger charge is -2.05. The predicted octanol–water partition coefficient (Wildman–Crippen LogP) is 3.14. The van der Waals surface area contributed by atoms with E-state index in [0.717, 1.165) is 11.3 Å². The molecule has 0 atom stereocenters. The number of hydrogen-bond donors (Lipinski definition) is 0. The molecule has 6 heteroatoms. The van der Waals surface area contributed by atoms with Crippen LogP contribution in [0.1, 0.15) is 5.76 Å². The van der Waals surface area contributed by atoms with Gasteiger partial charge in [0.25, 0.3) is 5.91 Å². The van der Waals surface area contributed by atoms with Gasteiger partial charge in [-0.05, 0) is 12.1 Å². The van der Waals surface area contributed by atoms with Crippen LogP contribution in [0, 0.1) is 0 Å². The standard InChI is InChI=1S/C14H10N2O2S2/c17-13-9-20-14(19)16(13)15-8-11-6-7-12(18-11)10-4-2-1-3-5-10/h1-8H,9H2. The minimum absolute atomic E-state index is 0.105. The number of hydrazone groups is 1. The number of nitrogens with zero attached hydrogens (tertiary/aromatic N) is 2. The number of furan rings is 1. The van der Waals surface area contributed by atoms with Crippen LogP contribution in [0.2, 0.25) is 0 Å². The number of amides is 1. The zero-order valence-corrected chi connectivity index (χ0v) is 12.0. The molecule has 0 N–H and O–H groups in total. The van der Waals surface area contributed by atoms with E-state index < -0.39 is 0 Å². The van der Waals surface area contributed by atoms with Crippen LogP contribution in [0.15, 0.2) is 52.0 Å². The molecule has 100 valence electrons. The summed E-state index contributed by atoms with van der Waals surface area (Å²) in [4.78, 5) is 11.5. The molecule has 1 aliphatic heterocycles. The highest BCUT2D eigenvalue weighted by molar-refractivity contribution is 8.23. The Morgan fingerprint density at radius 1 is 1.25 bits per heavy atom. The van der Waals surface area contributed by atoms with Gasteiger partial charge in [0.2, 0.25) is 0 Å². The molecule has 1 saturated heterocycles. The van der Waals surface area contributed by atoms with Gasteiger partial charge in [-0.3, -0.25) is 4.79 Å². The van der Waals surface area contributed by atoms with Gasteiger partial charge in [-0.15, -0.1) is 0 Å². The molecule has 0 saturated carbocycles. The van der Waals surface area contributed by atoms with Crippen molar-refractivity contribution in [3.8, 4) is 11.3 Å². The Labute approximate surface area is 125 Å². The van der Waals surface area contributed by atoms with Gasteiger partial charge in [-0.1, -0.05) is 54.3 Å². The normalized spacial score (nSPS) is 15.5. The van der Waals surface area contributed by atoms with E-state index in [1.807, 2.05) is 42.5 Å². The molecular weight excluding hydrogens is 292 g/mol. The molecule has 1 aromatic carbocycles. The van der Waals surface area contributed by atoms with Crippen molar-refractivity contribution in [3.05, 3.63) is 48.2 Å². The summed E-state index contributed by atoms with van der Waals surface area (Å²) in [5.74, 6) is 1.59. The van der Waals surface area contributed by atoms with Crippen LogP contribution < -0.4 is 0 Å². The average Bonchev–Trinajstić information content (AvgIpc) is 3.06. The SMILES string of the molecule is O=C1CSC(=S)N1N=Cc1ccc(-c2ccccc2)o1. The zero-order chi connectivity index (χ0) is 13.9. The van der Waals surface area contributed by atoms with Gasteiger partial charge in [0.1, 0.15) is 11.5 Å². The highest BCUT2D eigenvalue weighted by Gasteiger charge is 2.26. The lowest BCUT2D eigenvalue weighted by atomic mass is 10.2. The van der Waals surface area contributed by atoms with Crippen molar-refractivity contribution in [3.63, 3.8) is 0 Å². The first-order valence-electron chi connectivity index (χ1n) is 5.93. The molecule has 2 heterocycles. The van der Waals surface area contributed by atoms with Crippen molar-refractivity contribution in [2.45, 2.75) is 0 Å². The van der Waals surface area contributed by atoms with E-state index in [2.05, 4.69) is 5.10 Å². The lowest BCUT2D eigenvalue weighted by molar-refractivity contribution is -0.123. The first-order chi connectivity index (χ1) is 9.74. The summed E-state index contributed by atoms with van der Waals surface area (Å²) in [7, 11) is 0. The second-order valence-electron chi connectivity index (χ2n) is 4.07. The Morgan fingerprint density at radius 2 is 2.05 bits per heavy atom. The topological polar surface area (TPSA) is 45.8 Å². The molecule has 3 rings (SSSR count). The summed E-state index contributed by atoms with van der Waals surface area (Å²) in [6.45, 7) is 0. The van der Waals surface area contributed by atoms with E-state index in [0.29, 0.717) is 15.8 Å². The van der Waals surface area contributed by atoms with Crippen molar-refractivity contribution in [2.24, 2.45) is 5.10 Å². The van der Waals surface area contributed by atoms with E-state index in [1.165, 1.54) is 23.0 Å². The average molecular weight is 302 g/mol. The van der Waals surface area contributed by atoms with Gasteiger partial charge < -0.3 is 4.42 Å². The molecule has 0 radical (unpaired) electrons. The molecule has 2 aromatic rings. The van der Waals surface area contributed by atoms with E-state index >= 15 is 0 Å². The summed E-state index contributed by atoms with van der Waals surface area (Å²) < 4.78 is 6.14. The van der Waals surface area contributed by atoms with Crippen LogP contribution in [0.25, 0.3) is 11.3 Å². The van der Waals surface area contributed by atoms with Crippen LogP contribution in [0.4, 0.5) is 0 Å². The minimum atomic E-state index is -0.105. The fraction of sp³-hybridized carbons (Fsp3) is 0.0714. The van der Waals surface area contributed by atoms with E-state index in [9.17, 15) is 4.79 Å². The van der Waals surface area contributed by atoms with Crippen molar-refractivity contribution in [1.29, 1.82) is 0 Å². The summed E-state index contributed by atoms with van der Waals surface area (Å²) in [6.07, 6.45) is 1.50. The smallest absolute Gasteiger partial charge is 0.259 e. The van der Waals surface area contributed by atoms with Gasteiger partial charge in [0.05, 0.1) is 12.0 Å². The van der Waals surface area contributed by atoms with Crippen molar-refractivity contribution in [1.82, 2.24) is 5.01 Å². The van der Waals surface area contributed by atoms with Crippen LogP contribution in [0.3, 0.4) is 0 Å². The van der Waals surface area contributed by atoms with Gasteiger partial charge >= 0.3 is 0 Å². The molecule has 4 nitrogen and oxygen atoms in total. The lowest BCUT2D eigenvalue weighted by Crippen LogP contribution is -2.22. The largest absolute Gasteiger partial charge is 0.455 e. The highest BCUT2D eigenvalue weighted by atomic mass is 32.2. The fourth-order valence-corrected chi connectivity index (χ4v) is 2.72. The number of thioether (sulfide) groups is 1. The van der Waals surface area contributed by atoms with E-state index in [1.54, 1.807) is 0 Å². The zero-order valence-electron chi connectivity index (χ0n) is 10.4. The van der Waals surface area contributed by atoms with Gasteiger partial charge in [-0.25, -0.2) is 0 Å². The highest BCUT2D eigenvalue weighted by Crippen LogP contribution is 2.22. The third kappa shape index (κ3) is 2.66. The van der Waals surface area contributed by atoms with E-state index in [4.69, 9.17) is 16.6 Å². The van der Waals surface area contributed by atoms with E-state index in [-0.39, 0.29) is 5.91 Å². The third-order valence-corrected chi connectivity index (χ3v) is 4.05. The first-order valence-corrected chi connectivity index (χ1v) is 7.32. The molecule has 1 aromatic heterocycles. The Balaban J connectivity index is 1.78. The first kappa shape index (κ1) is 13.1. The molecule has 1 fully saturated rings. The summed E-state index contributed by atoms with van der Waals surface area (Å²) in [6, 6.07) is 13.5. The fourth-order valence-electron chi connectivity index (χ4n) is 1.75. The number of carbonyl (C=O) groups is 1. The summed E-state index contributed by atoms with van der Waals surface area (Å²) in [5.41, 5.74) is 0.996. The molecular formula is C14H10N2O2S2. The van der Waals surface area contributed by atoms with Gasteiger partial charge in [0.15, 0.2) is 4.32 Å². The molecule has 1 aliphatic rings. The molecule has 20 heavy (non-hydrogen) atoms. The van der Waals surface area contributed by atoms with Crippen LogP contribution in [-0.4, -0.2) is 27.2 Å². The van der Waals surface area contributed by atoms with Crippen molar-refractivity contribution < 1.29 is 9.21 Å². The van der Waals surface area contributed by atoms with Gasteiger partial charge in [0, 0.05) is 5.56 Å². The molecule has 0 aliphatic carbocycles. The summed E-state index contributed by atoms with van der Waals surface area (Å²) >= 11 is 6.35. The van der Waals surface area contributed by atoms with Crippen LogP contribution in [-0.2, 0) is 4.79 Å². The maximum atomic E-state index is 11.5. The number of hydrogen-bond acceptors (Lipinski definition) is 5. The quantitative estimate of drug-likeness (QED) is 0.645. The van der Waals surface area contributed by atoms with Gasteiger partial charge in [-0.2, -0.15) is 10.1 Å². The molecule has 0 unspecified atom stereocenters. The summed E-state index contributed by atoms with van der Waals surface area (Å²) in [5, 5.41) is 5.29. The second-order valence-corrected chi connectivity index (χ2v) is 5.68. The maximum absolute atomic E-state index is 11.5. The Bertz CT molecular complexity index is 663. The predicted molar refractivity (Wildman–Crippen MR) is 83.6 cm³/mol. The van der Waals surface area contributed by atoms with Crippen molar-refractivity contribution >= 4 is 40.4 Å². The number of rotatable bonds is 3. The third-order valence-electron chi connectivity index (χ3n) is 2.71. The molecule has 0 spiro atoms. The molecule has 0 bridgehead atoms. The monoisotopic (exact) mass is 302 g/mol. The second kappa shape index (κ2) is 5.60. The number of thiocarbonyl (C=S) groups is 1. The minimum Gasteiger partial charge on any atom is -0.455 e. The Hall–Kier alpha value is -1.92. The number of benzene rings is 1. The Kier molecular flexibility index (Phi) is 3.66. The van der Waals surface area contributed by atoms with Crippen molar-refractivity contribution in [2.75, 3.05) is 5.75 Å². The van der Waals surface area contributed by atoms with Crippen LogP contribution in [0.5, 0.6) is 0 Å². The maximum Gasteiger partial charge on any atom is 0.259 e. The molecule has 1 amide bonds. The van der Waals surface area contributed by atoms with Crippen LogP contribution >= 0.6 is 24.0 Å². The number of carbonyl (C=O) groups excluding carboxylic acids is 1. The Morgan fingerprint density at radius 3 is 2.75 bits per heavy atom.